The number of aromatic amines is 1. The normalized spacial score (nSPS) is 12.2. The van der Waals surface area contributed by atoms with E-state index in [1.807, 2.05) is 61.9 Å². The lowest BCUT2D eigenvalue weighted by Crippen LogP contribution is -1.91. The van der Waals surface area contributed by atoms with E-state index in [2.05, 4.69) is 33.8 Å². The summed E-state index contributed by atoms with van der Waals surface area (Å²) in [5.41, 5.74) is 7.78. The molecular weight excluding hydrogens is 358 g/mol. The molecule has 0 amide bonds. The molecule has 0 spiro atoms. The number of rotatable bonds is 2. The Balaban J connectivity index is 1.51. The lowest BCUT2D eigenvalue weighted by molar-refractivity contribution is 0.992. The van der Waals surface area contributed by atoms with E-state index in [0.717, 1.165) is 49.9 Å². The second-order valence-corrected chi connectivity index (χ2v) is 7.19. The summed E-state index contributed by atoms with van der Waals surface area (Å²) in [5, 5.41) is 2.23. The van der Waals surface area contributed by atoms with Crippen LogP contribution in [0.25, 0.3) is 44.0 Å². The molecule has 6 rings (SSSR count). The van der Waals surface area contributed by atoms with Gasteiger partial charge in [-0.15, -0.1) is 0 Å². The van der Waals surface area contributed by atoms with Gasteiger partial charge in [-0.1, -0.05) is 30.3 Å². The minimum Gasteiger partial charge on any atom is -0.361 e. The number of hydrogen-bond acceptors (Lipinski definition) is 3. The summed E-state index contributed by atoms with van der Waals surface area (Å²) in [4.78, 5) is 17.7. The number of nitrogens with zero attached hydrogens (tertiary/aromatic N) is 4. The highest BCUT2D eigenvalue weighted by atomic mass is 15.0. The van der Waals surface area contributed by atoms with E-state index < -0.39 is 0 Å². The molecular formula is C24H17N5. The SMILES string of the molecule is Cn1c2ccc(N=Cc3c[nH]c4ccccc34)cc2c2nc3ccccc3nc21. The van der Waals surface area contributed by atoms with Crippen molar-refractivity contribution in [1.29, 1.82) is 0 Å². The molecule has 0 unspecified atom stereocenters. The number of fused-ring (bicyclic) bond motifs is 5. The van der Waals surface area contributed by atoms with Crippen LogP contribution in [-0.2, 0) is 7.05 Å². The topological polar surface area (TPSA) is 58.9 Å². The molecule has 0 saturated heterocycles. The minimum atomic E-state index is 0.886. The lowest BCUT2D eigenvalue weighted by atomic mass is 10.2. The molecule has 0 aliphatic heterocycles. The molecule has 0 fully saturated rings. The standard InChI is InChI=1S/C24H17N5/c1-29-22-11-10-16(25-13-15-14-26-19-7-3-2-6-17(15)19)12-18(22)23-24(29)28-21-9-5-4-8-20(21)27-23/h2-14,26H,1H3. The first-order chi connectivity index (χ1) is 14.3. The predicted molar refractivity (Wildman–Crippen MR) is 119 cm³/mol. The monoisotopic (exact) mass is 375 g/mol. The summed E-state index contributed by atoms with van der Waals surface area (Å²) >= 11 is 0. The number of H-pyrrole nitrogens is 1. The van der Waals surface area contributed by atoms with Crippen LogP contribution in [0.5, 0.6) is 0 Å². The van der Waals surface area contributed by atoms with Gasteiger partial charge in [0.15, 0.2) is 5.65 Å². The van der Waals surface area contributed by atoms with Crippen LogP contribution in [0.4, 0.5) is 5.69 Å². The number of hydrogen-bond donors (Lipinski definition) is 1. The number of nitrogens with one attached hydrogen (secondary N) is 1. The van der Waals surface area contributed by atoms with E-state index in [-0.39, 0.29) is 0 Å². The van der Waals surface area contributed by atoms with Crippen molar-refractivity contribution in [3.63, 3.8) is 0 Å². The summed E-state index contributed by atoms with van der Waals surface area (Å²) in [5.74, 6) is 0. The molecule has 6 aromatic rings. The van der Waals surface area contributed by atoms with Gasteiger partial charge in [-0.2, -0.15) is 0 Å². The van der Waals surface area contributed by atoms with Crippen LogP contribution in [0.3, 0.4) is 0 Å². The van der Waals surface area contributed by atoms with E-state index in [1.165, 1.54) is 5.39 Å². The molecule has 3 heterocycles. The van der Waals surface area contributed by atoms with Gasteiger partial charge in [0.05, 0.1) is 22.2 Å². The zero-order valence-corrected chi connectivity index (χ0v) is 15.8. The van der Waals surface area contributed by atoms with E-state index in [0.29, 0.717) is 0 Å². The van der Waals surface area contributed by atoms with Crippen LogP contribution >= 0.6 is 0 Å². The van der Waals surface area contributed by atoms with Crippen LogP contribution in [-0.4, -0.2) is 25.7 Å². The van der Waals surface area contributed by atoms with Crippen LogP contribution in [0, 0.1) is 0 Å². The van der Waals surface area contributed by atoms with Gasteiger partial charge in [-0.05, 0) is 36.4 Å². The number of benzene rings is 3. The van der Waals surface area contributed by atoms with Crippen molar-refractivity contribution < 1.29 is 0 Å². The fraction of sp³-hybridized carbons (Fsp3) is 0.0417. The first-order valence-electron chi connectivity index (χ1n) is 9.53. The highest BCUT2D eigenvalue weighted by Crippen LogP contribution is 2.30. The maximum Gasteiger partial charge on any atom is 0.160 e. The van der Waals surface area contributed by atoms with Crippen LogP contribution < -0.4 is 0 Å². The molecule has 1 N–H and O–H groups in total. The Morgan fingerprint density at radius 1 is 0.897 bits per heavy atom. The molecule has 3 aromatic heterocycles. The molecule has 3 aromatic carbocycles. The fourth-order valence-corrected chi connectivity index (χ4v) is 3.95. The van der Waals surface area contributed by atoms with Crippen molar-refractivity contribution in [1.82, 2.24) is 19.5 Å². The van der Waals surface area contributed by atoms with E-state index in [1.54, 1.807) is 0 Å². The van der Waals surface area contributed by atoms with Crippen molar-refractivity contribution in [2.45, 2.75) is 0 Å². The summed E-state index contributed by atoms with van der Waals surface area (Å²) < 4.78 is 2.09. The Kier molecular flexibility index (Phi) is 3.32. The Labute approximate surface area is 166 Å². The van der Waals surface area contributed by atoms with Crippen LogP contribution in [0.2, 0.25) is 0 Å². The Hall–Kier alpha value is -3.99. The van der Waals surface area contributed by atoms with Crippen molar-refractivity contribution in [3.05, 3.63) is 78.5 Å². The zero-order valence-electron chi connectivity index (χ0n) is 15.8. The number of aliphatic imine (C=N–C) groups is 1. The van der Waals surface area contributed by atoms with Gasteiger partial charge in [0.1, 0.15) is 5.52 Å². The minimum absolute atomic E-state index is 0.886. The average molecular weight is 375 g/mol. The van der Waals surface area contributed by atoms with E-state index in [4.69, 9.17) is 15.0 Å². The zero-order chi connectivity index (χ0) is 19.4. The van der Waals surface area contributed by atoms with Crippen molar-refractivity contribution in [3.8, 4) is 0 Å². The van der Waals surface area contributed by atoms with Crippen molar-refractivity contribution in [2.75, 3.05) is 0 Å². The van der Waals surface area contributed by atoms with Crippen LogP contribution in [0.1, 0.15) is 5.56 Å². The van der Waals surface area contributed by atoms with Gasteiger partial charge in [0.25, 0.3) is 0 Å². The van der Waals surface area contributed by atoms with E-state index >= 15 is 0 Å². The third-order valence-corrected chi connectivity index (χ3v) is 5.44. The molecule has 5 nitrogen and oxygen atoms in total. The first kappa shape index (κ1) is 16.0. The Bertz CT molecular complexity index is 1570. The summed E-state index contributed by atoms with van der Waals surface area (Å²) in [6.45, 7) is 0. The Morgan fingerprint density at radius 2 is 1.69 bits per heavy atom. The van der Waals surface area contributed by atoms with Gasteiger partial charge >= 0.3 is 0 Å². The smallest absolute Gasteiger partial charge is 0.160 e. The summed E-state index contributed by atoms with van der Waals surface area (Å²) in [7, 11) is 2.03. The highest BCUT2D eigenvalue weighted by Gasteiger charge is 2.12. The molecule has 0 atom stereocenters. The maximum absolute atomic E-state index is 4.88. The number of aryl methyl sites for hydroxylation is 1. The second kappa shape index (κ2) is 6.01. The average Bonchev–Trinajstić information content (AvgIpc) is 3.30. The highest BCUT2D eigenvalue weighted by molar-refractivity contribution is 6.07. The third-order valence-electron chi connectivity index (χ3n) is 5.44. The summed E-state index contributed by atoms with van der Waals surface area (Å²) in [6, 6.07) is 22.4. The van der Waals surface area contributed by atoms with Gasteiger partial charge in [-0.25, -0.2) is 9.97 Å². The molecule has 0 radical (unpaired) electrons. The van der Waals surface area contributed by atoms with Crippen molar-refractivity contribution >= 4 is 55.9 Å². The molecule has 0 bridgehead atoms. The Morgan fingerprint density at radius 3 is 2.59 bits per heavy atom. The molecule has 0 aliphatic carbocycles. The van der Waals surface area contributed by atoms with Gasteiger partial charge < -0.3 is 9.55 Å². The van der Waals surface area contributed by atoms with Gasteiger partial charge in [0, 0.05) is 41.3 Å². The van der Waals surface area contributed by atoms with Gasteiger partial charge in [0.2, 0.25) is 0 Å². The quantitative estimate of drug-likeness (QED) is 0.406. The lowest BCUT2D eigenvalue weighted by Gasteiger charge is -1.98. The molecule has 29 heavy (non-hydrogen) atoms. The third kappa shape index (κ3) is 2.44. The predicted octanol–water partition coefficient (Wildman–Crippen LogP) is 5.51. The van der Waals surface area contributed by atoms with E-state index in [9.17, 15) is 0 Å². The summed E-state index contributed by atoms with van der Waals surface area (Å²) in [6.07, 6.45) is 3.90. The first-order valence-corrected chi connectivity index (χ1v) is 9.53. The molecule has 0 saturated carbocycles. The molecule has 138 valence electrons. The largest absolute Gasteiger partial charge is 0.361 e. The fourth-order valence-electron chi connectivity index (χ4n) is 3.95. The van der Waals surface area contributed by atoms with Crippen LogP contribution in [0.15, 0.2) is 77.9 Å². The van der Waals surface area contributed by atoms with Gasteiger partial charge in [-0.3, -0.25) is 4.99 Å². The number of aromatic nitrogens is 4. The molecule has 0 aliphatic rings. The molecule has 5 heteroatoms. The van der Waals surface area contributed by atoms with Crippen molar-refractivity contribution in [2.24, 2.45) is 12.0 Å². The maximum atomic E-state index is 4.88. The second-order valence-electron chi connectivity index (χ2n) is 7.19. The number of para-hydroxylation sites is 3.